The summed E-state index contributed by atoms with van der Waals surface area (Å²) in [5.41, 5.74) is 0. The maximum Gasteiger partial charge on any atom is 0.233 e. The largest absolute Gasteiger partial charge is 0.379 e. The number of ether oxygens (including phenoxy) is 2. The van der Waals surface area contributed by atoms with Crippen molar-refractivity contribution in [2.75, 3.05) is 39.5 Å². The van der Waals surface area contributed by atoms with Crippen LogP contribution in [-0.2, 0) is 14.3 Å². The van der Waals surface area contributed by atoms with Crippen LogP contribution in [-0.4, -0.2) is 51.5 Å². The number of amides is 1. The van der Waals surface area contributed by atoms with E-state index in [4.69, 9.17) is 15.9 Å². The molecule has 0 aromatic carbocycles. The van der Waals surface area contributed by atoms with Crippen LogP contribution in [0.1, 0.15) is 19.3 Å². The average Bonchev–Trinajstić information content (AvgIpc) is 2.87. The predicted molar refractivity (Wildman–Crippen MR) is 69.1 cm³/mol. The first-order valence-electron chi connectivity index (χ1n) is 6.43. The number of carbonyl (C=O) groups is 1. The van der Waals surface area contributed by atoms with Crippen molar-refractivity contribution in [2.45, 2.75) is 25.4 Å². The lowest BCUT2D eigenvalue weighted by atomic mass is 10.2. The molecule has 5 heteroatoms. The smallest absolute Gasteiger partial charge is 0.233 e. The van der Waals surface area contributed by atoms with Gasteiger partial charge in [0.2, 0.25) is 5.91 Å². The molecule has 0 spiro atoms. The fraction of sp³-hybridized carbons (Fsp3) is 0.769. The van der Waals surface area contributed by atoms with Gasteiger partial charge in [-0.25, -0.2) is 0 Å². The lowest BCUT2D eigenvalue weighted by molar-refractivity contribution is -0.120. The summed E-state index contributed by atoms with van der Waals surface area (Å²) in [6, 6.07) is 0. The maximum atomic E-state index is 11.3. The molecule has 1 heterocycles. The number of hydrogen-bond donors (Lipinski definition) is 2. The second-order valence-electron chi connectivity index (χ2n) is 4.22. The molecular formula is C13H22N2O3. The highest BCUT2D eigenvalue weighted by atomic mass is 16.5. The highest BCUT2D eigenvalue weighted by Gasteiger charge is 2.14. The third kappa shape index (κ3) is 7.28. The van der Waals surface area contributed by atoms with Gasteiger partial charge in [0.25, 0.3) is 0 Å². The Morgan fingerprint density at radius 3 is 3.17 bits per heavy atom. The summed E-state index contributed by atoms with van der Waals surface area (Å²) in [5, 5.41) is 5.62. The molecule has 1 aliphatic heterocycles. The Balaban J connectivity index is 1.83. The first-order valence-corrected chi connectivity index (χ1v) is 6.43. The molecule has 1 rings (SSSR count). The number of carbonyl (C=O) groups excluding carboxylic acids is 1. The van der Waals surface area contributed by atoms with Gasteiger partial charge in [-0.05, 0) is 19.3 Å². The van der Waals surface area contributed by atoms with Gasteiger partial charge in [0.05, 0.1) is 25.8 Å². The van der Waals surface area contributed by atoms with Gasteiger partial charge in [0.1, 0.15) is 0 Å². The molecule has 2 N–H and O–H groups in total. The van der Waals surface area contributed by atoms with Crippen LogP contribution >= 0.6 is 0 Å². The topological polar surface area (TPSA) is 59.6 Å². The first kappa shape index (κ1) is 15.0. The van der Waals surface area contributed by atoms with E-state index in [0.717, 1.165) is 25.9 Å². The van der Waals surface area contributed by atoms with Gasteiger partial charge in [-0.3, -0.25) is 10.1 Å². The second-order valence-corrected chi connectivity index (χ2v) is 4.22. The van der Waals surface area contributed by atoms with E-state index in [1.54, 1.807) is 0 Å². The van der Waals surface area contributed by atoms with Crippen molar-refractivity contribution in [3.05, 3.63) is 0 Å². The molecule has 0 saturated carbocycles. The summed E-state index contributed by atoms with van der Waals surface area (Å²) >= 11 is 0. The first-order chi connectivity index (χ1) is 8.83. The van der Waals surface area contributed by atoms with Crippen LogP contribution < -0.4 is 10.6 Å². The normalized spacial score (nSPS) is 18.5. The quantitative estimate of drug-likeness (QED) is 0.446. The van der Waals surface area contributed by atoms with Gasteiger partial charge < -0.3 is 14.8 Å². The molecule has 0 radical (unpaired) electrons. The van der Waals surface area contributed by atoms with E-state index in [1.165, 1.54) is 0 Å². The van der Waals surface area contributed by atoms with Crippen LogP contribution in [0.15, 0.2) is 0 Å². The fourth-order valence-electron chi connectivity index (χ4n) is 1.70. The standard InChI is InChI=1S/C13H22N2O3/c1-2-6-14-10-13(16)15-7-4-8-17-11-12-5-3-9-18-12/h1,12,14H,3-11H2,(H,15,16). The van der Waals surface area contributed by atoms with Crippen molar-refractivity contribution in [3.8, 4) is 12.3 Å². The minimum atomic E-state index is -0.0376. The van der Waals surface area contributed by atoms with E-state index in [-0.39, 0.29) is 18.6 Å². The highest BCUT2D eigenvalue weighted by molar-refractivity contribution is 5.77. The van der Waals surface area contributed by atoms with Crippen molar-refractivity contribution in [2.24, 2.45) is 0 Å². The molecule has 1 aliphatic rings. The SMILES string of the molecule is C#CCNCC(=O)NCCCOCC1CCCO1. The summed E-state index contributed by atoms with van der Waals surface area (Å²) in [7, 11) is 0. The van der Waals surface area contributed by atoms with E-state index < -0.39 is 0 Å². The average molecular weight is 254 g/mol. The fourth-order valence-corrected chi connectivity index (χ4v) is 1.70. The number of terminal acetylenes is 1. The molecule has 102 valence electrons. The summed E-state index contributed by atoms with van der Waals surface area (Å²) in [6.45, 7) is 3.48. The summed E-state index contributed by atoms with van der Waals surface area (Å²) in [6.07, 6.45) is 8.36. The molecule has 0 aromatic heterocycles. The molecule has 1 saturated heterocycles. The van der Waals surface area contributed by atoms with Crippen LogP contribution in [0.25, 0.3) is 0 Å². The third-order valence-electron chi connectivity index (χ3n) is 2.63. The van der Waals surface area contributed by atoms with E-state index >= 15 is 0 Å². The molecular weight excluding hydrogens is 232 g/mol. The van der Waals surface area contributed by atoms with Gasteiger partial charge in [0.15, 0.2) is 0 Å². The van der Waals surface area contributed by atoms with Crippen LogP contribution in [0, 0.1) is 12.3 Å². The highest BCUT2D eigenvalue weighted by Crippen LogP contribution is 2.11. The second kappa shape index (κ2) is 9.89. The van der Waals surface area contributed by atoms with Gasteiger partial charge in [0, 0.05) is 19.8 Å². The third-order valence-corrected chi connectivity index (χ3v) is 2.63. The number of hydrogen-bond acceptors (Lipinski definition) is 4. The Kier molecular flexibility index (Phi) is 8.23. The molecule has 0 bridgehead atoms. The lowest BCUT2D eigenvalue weighted by Crippen LogP contribution is -2.34. The lowest BCUT2D eigenvalue weighted by Gasteiger charge is -2.10. The number of rotatable bonds is 9. The van der Waals surface area contributed by atoms with Gasteiger partial charge in [-0.1, -0.05) is 5.92 Å². The van der Waals surface area contributed by atoms with Gasteiger partial charge in [-0.2, -0.15) is 0 Å². The molecule has 1 atom stereocenters. The summed E-state index contributed by atoms with van der Waals surface area (Å²) < 4.78 is 10.9. The van der Waals surface area contributed by atoms with Crippen LogP contribution in [0.2, 0.25) is 0 Å². The van der Waals surface area contributed by atoms with E-state index in [1.807, 2.05) is 0 Å². The Morgan fingerprint density at radius 1 is 1.56 bits per heavy atom. The van der Waals surface area contributed by atoms with Crippen LogP contribution in [0.3, 0.4) is 0 Å². The summed E-state index contributed by atoms with van der Waals surface area (Å²) in [5.74, 6) is 2.37. The molecule has 0 aliphatic carbocycles. The zero-order valence-corrected chi connectivity index (χ0v) is 10.7. The van der Waals surface area contributed by atoms with E-state index in [0.29, 0.717) is 26.3 Å². The van der Waals surface area contributed by atoms with Gasteiger partial charge in [-0.15, -0.1) is 6.42 Å². The molecule has 0 aromatic rings. The molecule has 18 heavy (non-hydrogen) atoms. The van der Waals surface area contributed by atoms with Crippen LogP contribution in [0.5, 0.6) is 0 Å². The number of nitrogens with one attached hydrogen (secondary N) is 2. The zero-order chi connectivity index (χ0) is 13.1. The Bertz CT molecular complexity index is 270. The zero-order valence-electron chi connectivity index (χ0n) is 10.7. The Morgan fingerprint density at radius 2 is 2.44 bits per heavy atom. The van der Waals surface area contributed by atoms with Crippen molar-refractivity contribution >= 4 is 5.91 Å². The summed E-state index contributed by atoms with van der Waals surface area (Å²) in [4.78, 5) is 11.3. The minimum absolute atomic E-state index is 0.0376. The van der Waals surface area contributed by atoms with Crippen LogP contribution in [0.4, 0.5) is 0 Å². The monoisotopic (exact) mass is 254 g/mol. The minimum Gasteiger partial charge on any atom is -0.379 e. The van der Waals surface area contributed by atoms with Crippen molar-refractivity contribution in [3.63, 3.8) is 0 Å². The molecule has 1 unspecified atom stereocenters. The Labute approximate surface area is 109 Å². The van der Waals surface area contributed by atoms with Gasteiger partial charge >= 0.3 is 0 Å². The van der Waals surface area contributed by atoms with E-state index in [9.17, 15) is 4.79 Å². The van der Waals surface area contributed by atoms with Crippen molar-refractivity contribution in [1.82, 2.24) is 10.6 Å². The molecule has 1 fully saturated rings. The molecule has 5 nitrogen and oxygen atoms in total. The van der Waals surface area contributed by atoms with Crippen molar-refractivity contribution < 1.29 is 14.3 Å². The van der Waals surface area contributed by atoms with E-state index in [2.05, 4.69) is 16.6 Å². The predicted octanol–water partition coefficient (Wildman–Crippen LogP) is -0.0889. The molecule has 1 amide bonds. The maximum absolute atomic E-state index is 11.3. The van der Waals surface area contributed by atoms with Crippen molar-refractivity contribution in [1.29, 1.82) is 0 Å². The Hall–Kier alpha value is -1.09.